The first-order chi connectivity index (χ1) is 7.72. The average Bonchev–Trinajstić information content (AvgIpc) is 3.09. The van der Waals surface area contributed by atoms with E-state index in [1.165, 1.54) is 24.0 Å². The van der Waals surface area contributed by atoms with Gasteiger partial charge < -0.3 is 4.74 Å². The predicted molar refractivity (Wildman–Crippen MR) is 65.9 cm³/mol. The molecule has 1 aliphatic rings. The van der Waals surface area contributed by atoms with Crippen LogP contribution in [-0.4, -0.2) is 11.6 Å². The smallest absolute Gasteiger partial charge is 0.217 e. The zero-order valence-electron chi connectivity index (χ0n) is 10.5. The number of hydrogen-bond acceptors (Lipinski definition) is 2. The van der Waals surface area contributed by atoms with Crippen LogP contribution < -0.4 is 4.74 Å². The van der Waals surface area contributed by atoms with Crippen LogP contribution in [0.4, 0.5) is 0 Å². The number of aryl methyl sites for hydroxylation is 1. The Morgan fingerprint density at radius 2 is 2.19 bits per heavy atom. The van der Waals surface area contributed by atoms with Crippen LogP contribution in [0, 0.1) is 5.92 Å². The lowest BCUT2D eigenvalue weighted by atomic mass is 9.97. The highest BCUT2D eigenvalue weighted by Gasteiger charge is 2.23. The van der Waals surface area contributed by atoms with E-state index in [-0.39, 0.29) is 0 Å². The van der Waals surface area contributed by atoms with Crippen LogP contribution >= 0.6 is 0 Å². The Kier molecular flexibility index (Phi) is 3.47. The third kappa shape index (κ3) is 2.55. The van der Waals surface area contributed by atoms with Crippen molar-refractivity contribution in [3.8, 4) is 5.88 Å². The number of rotatable bonds is 5. The Labute approximate surface area is 98.0 Å². The van der Waals surface area contributed by atoms with E-state index in [1.807, 2.05) is 6.20 Å². The van der Waals surface area contributed by atoms with E-state index in [9.17, 15) is 0 Å². The summed E-state index contributed by atoms with van der Waals surface area (Å²) < 4.78 is 5.85. The minimum absolute atomic E-state index is 0.484. The average molecular weight is 219 g/mol. The number of nitrogens with zero attached hydrogens (tertiary/aromatic N) is 1. The zero-order valence-corrected chi connectivity index (χ0v) is 10.5. The first-order valence-corrected chi connectivity index (χ1v) is 6.33. The van der Waals surface area contributed by atoms with Gasteiger partial charge >= 0.3 is 0 Å². The van der Waals surface area contributed by atoms with E-state index in [0.29, 0.717) is 5.92 Å². The molecule has 88 valence electrons. The molecule has 2 heteroatoms. The monoisotopic (exact) mass is 219 g/mol. The third-order valence-electron chi connectivity index (χ3n) is 3.15. The fourth-order valence-electron chi connectivity index (χ4n) is 2.01. The fourth-order valence-corrected chi connectivity index (χ4v) is 2.01. The van der Waals surface area contributed by atoms with E-state index >= 15 is 0 Å². The van der Waals surface area contributed by atoms with Crippen molar-refractivity contribution in [2.75, 3.05) is 6.61 Å². The number of hydrogen-bond donors (Lipinski definition) is 0. The van der Waals surface area contributed by atoms with E-state index < -0.39 is 0 Å². The Balaban J connectivity index is 2.19. The van der Waals surface area contributed by atoms with Gasteiger partial charge in [0.25, 0.3) is 0 Å². The summed E-state index contributed by atoms with van der Waals surface area (Å²) in [4.78, 5) is 4.39. The molecule has 1 aromatic rings. The van der Waals surface area contributed by atoms with Gasteiger partial charge in [0.15, 0.2) is 0 Å². The van der Waals surface area contributed by atoms with Gasteiger partial charge in [-0.3, -0.25) is 0 Å². The van der Waals surface area contributed by atoms with Crippen molar-refractivity contribution in [3.63, 3.8) is 0 Å². The zero-order chi connectivity index (χ0) is 11.5. The van der Waals surface area contributed by atoms with Crippen molar-refractivity contribution in [2.24, 2.45) is 5.92 Å². The van der Waals surface area contributed by atoms with Gasteiger partial charge in [-0.15, -0.1) is 0 Å². The molecule has 0 saturated heterocycles. The minimum Gasteiger partial charge on any atom is -0.477 e. The second-order valence-electron chi connectivity index (χ2n) is 4.95. The van der Waals surface area contributed by atoms with Crippen LogP contribution in [0.1, 0.15) is 50.7 Å². The van der Waals surface area contributed by atoms with E-state index in [4.69, 9.17) is 4.74 Å². The molecule has 0 aromatic carbocycles. The first-order valence-electron chi connectivity index (χ1n) is 6.33. The summed E-state index contributed by atoms with van der Waals surface area (Å²) in [6, 6.07) is 2.11. The maximum absolute atomic E-state index is 5.85. The summed E-state index contributed by atoms with van der Waals surface area (Å²) in [5.74, 6) is 2.13. The van der Waals surface area contributed by atoms with Crippen molar-refractivity contribution in [1.29, 1.82) is 0 Å². The van der Waals surface area contributed by atoms with Crippen LogP contribution in [0.15, 0.2) is 12.3 Å². The highest BCUT2D eigenvalue weighted by Crippen LogP contribution is 2.32. The molecule has 2 rings (SSSR count). The molecule has 0 bridgehead atoms. The molecule has 1 fully saturated rings. The van der Waals surface area contributed by atoms with Crippen LogP contribution in [0.5, 0.6) is 5.88 Å². The molecule has 16 heavy (non-hydrogen) atoms. The first kappa shape index (κ1) is 11.4. The normalized spacial score (nSPS) is 15.5. The van der Waals surface area contributed by atoms with E-state index in [2.05, 4.69) is 31.8 Å². The topological polar surface area (TPSA) is 22.1 Å². The lowest BCUT2D eigenvalue weighted by Gasteiger charge is -2.16. The van der Waals surface area contributed by atoms with E-state index in [1.54, 1.807) is 0 Å². The van der Waals surface area contributed by atoms with Crippen molar-refractivity contribution in [3.05, 3.63) is 23.4 Å². The molecule has 0 aliphatic heterocycles. The van der Waals surface area contributed by atoms with Crippen LogP contribution in [-0.2, 0) is 6.42 Å². The van der Waals surface area contributed by atoms with Crippen molar-refractivity contribution < 1.29 is 4.74 Å². The molecule has 0 spiro atoms. The molecular formula is C14H21NO. The summed E-state index contributed by atoms with van der Waals surface area (Å²) in [5.41, 5.74) is 2.67. The van der Waals surface area contributed by atoms with Crippen molar-refractivity contribution >= 4 is 0 Å². The molecule has 1 heterocycles. The molecule has 1 aromatic heterocycles. The quantitative estimate of drug-likeness (QED) is 0.755. The highest BCUT2D eigenvalue weighted by molar-refractivity contribution is 5.37. The molecule has 0 unspecified atom stereocenters. The van der Waals surface area contributed by atoms with E-state index in [0.717, 1.165) is 24.8 Å². The van der Waals surface area contributed by atoms with Crippen molar-refractivity contribution in [1.82, 2.24) is 4.98 Å². The highest BCUT2D eigenvalue weighted by atomic mass is 16.5. The predicted octanol–water partition coefficient (Wildman–Crippen LogP) is 3.56. The van der Waals surface area contributed by atoms with Gasteiger partial charge in [-0.05, 0) is 42.7 Å². The number of ether oxygens (including phenoxy) is 1. The molecule has 2 nitrogen and oxygen atoms in total. The molecule has 0 amide bonds. The van der Waals surface area contributed by atoms with Gasteiger partial charge in [0.05, 0.1) is 6.61 Å². The van der Waals surface area contributed by atoms with Crippen LogP contribution in [0.25, 0.3) is 0 Å². The Bertz CT molecular complexity index is 356. The molecule has 0 atom stereocenters. The largest absolute Gasteiger partial charge is 0.477 e. The number of aromatic nitrogens is 1. The third-order valence-corrected chi connectivity index (χ3v) is 3.15. The maximum atomic E-state index is 5.85. The van der Waals surface area contributed by atoms with Gasteiger partial charge in [0.1, 0.15) is 0 Å². The van der Waals surface area contributed by atoms with Gasteiger partial charge in [-0.25, -0.2) is 4.98 Å². The summed E-state index contributed by atoms with van der Waals surface area (Å²) in [7, 11) is 0. The van der Waals surface area contributed by atoms with Gasteiger partial charge in [0.2, 0.25) is 5.88 Å². The Hall–Kier alpha value is -1.05. The summed E-state index contributed by atoms with van der Waals surface area (Å²) in [5, 5.41) is 0. The molecule has 1 aliphatic carbocycles. The van der Waals surface area contributed by atoms with Gasteiger partial charge in [-0.1, -0.05) is 20.8 Å². The lowest BCUT2D eigenvalue weighted by molar-refractivity contribution is 0.284. The van der Waals surface area contributed by atoms with Gasteiger partial charge in [0, 0.05) is 11.8 Å². The Morgan fingerprint density at radius 1 is 1.44 bits per heavy atom. The van der Waals surface area contributed by atoms with Gasteiger partial charge in [-0.2, -0.15) is 0 Å². The summed E-state index contributed by atoms with van der Waals surface area (Å²) >= 11 is 0. The SMILES string of the molecule is CCc1ccnc(OCC2CC2)c1C(C)C. The minimum atomic E-state index is 0.484. The second-order valence-corrected chi connectivity index (χ2v) is 4.95. The maximum Gasteiger partial charge on any atom is 0.217 e. The second kappa shape index (κ2) is 4.86. The van der Waals surface area contributed by atoms with Crippen LogP contribution in [0.3, 0.4) is 0 Å². The van der Waals surface area contributed by atoms with Crippen LogP contribution in [0.2, 0.25) is 0 Å². The van der Waals surface area contributed by atoms with Crippen molar-refractivity contribution in [2.45, 2.75) is 46.0 Å². The summed E-state index contributed by atoms with van der Waals surface area (Å²) in [6.45, 7) is 7.45. The lowest BCUT2D eigenvalue weighted by Crippen LogP contribution is -2.07. The molecular weight excluding hydrogens is 198 g/mol. The number of pyridine rings is 1. The standard InChI is InChI=1S/C14H21NO/c1-4-12-7-8-15-14(13(12)10(2)3)16-9-11-5-6-11/h7-8,10-11H,4-6,9H2,1-3H3. The molecule has 0 N–H and O–H groups in total. The Morgan fingerprint density at radius 3 is 2.75 bits per heavy atom. The summed E-state index contributed by atoms with van der Waals surface area (Å²) in [6.07, 6.45) is 5.57. The molecule has 0 radical (unpaired) electrons. The fraction of sp³-hybridized carbons (Fsp3) is 0.643. The molecule has 1 saturated carbocycles.